The Labute approximate surface area is 161 Å². The Bertz CT molecular complexity index is 957. The Morgan fingerprint density at radius 1 is 1.00 bits per heavy atom. The lowest BCUT2D eigenvalue weighted by Crippen LogP contribution is -2.14. The molecule has 27 heavy (non-hydrogen) atoms. The van der Waals surface area contributed by atoms with Gasteiger partial charge < -0.3 is 19.5 Å². The lowest BCUT2D eigenvalue weighted by atomic mass is 10.2. The van der Waals surface area contributed by atoms with E-state index in [0.717, 1.165) is 5.69 Å². The highest BCUT2D eigenvalue weighted by atomic mass is 35.5. The van der Waals surface area contributed by atoms with E-state index in [1.54, 1.807) is 23.0 Å². The summed E-state index contributed by atoms with van der Waals surface area (Å²) in [6.07, 6.45) is 1.64. The van der Waals surface area contributed by atoms with Crippen LogP contribution in [0.2, 0.25) is 5.02 Å². The average Bonchev–Trinajstić information content (AvgIpc) is 3.14. The van der Waals surface area contributed by atoms with Crippen LogP contribution in [0.4, 0.5) is 5.69 Å². The van der Waals surface area contributed by atoms with E-state index in [1.165, 1.54) is 21.3 Å². The quantitative estimate of drug-likeness (QED) is 0.696. The summed E-state index contributed by atoms with van der Waals surface area (Å²) in [7, 11) is 4.49. The molecule has 0 saturated carbocycles. The maximum atomic E-state index is 12.7. The minimum atomic E-state index is -0.462. The molecule has 140 valence electrons. The summed E-state index contributed by atoms with van der Waals surface area (Å²) >= 11 is 6.24. The van der Waals surface area contributed by atoms with Crippen molar-refractivity contribution in [3.8, 4) is 22.9 Å². The van der Waals surface area contributed by atoms with Crippen LogP contribution in [0.1, 0.15) is 10.5 Å². The molecule has 1 heterocycles. The van der Waals surface area contributed by atoms with Crippen molar-refractivity contribution in [2.24, 2.45) is 0 Å². The molecule has 0 aliphatic carbocycles. The summed E-state index contributed by atoms with van der Waals surface area (Å²) in [6.45, 7) is 0. The normalized spacial score (nSPS) is 10.4. The summed E-state index contributed by atoms with van der Waals surface area (Å²) in [5.41, 5.74) is 1.31. The molecule has 0 atom stereocenters. The molecule has 0 radical (unpaired) electrons. The Balaban J connectivity index is 1.92. The highest BCUT2D eigenvalue weighted by molar-refractivity contribution is 6.34. The van der Waals surface area contributed by atoms with Crippen molar-refractivity contribution in [1.82, 2.24) is 9.78 Å². The number of amides is 1. The summed E-state index contributed by atoms with van der Waals surface area (Å²) < 4.78 is 17.3. The number of hydrogen-bond acceptors (Lipinski definition) is 5. The van der Waals surface area contributed by atoms with E-state index in [0.29, 0.717) is 28.0 Å². The minimum Gasteiger partial charge on any atom is -0.493 e. The third kappa shape index (κ3) is 3.83. The van der Waals surface area contributed by atoms with Gasteiger partial charge in [0.25, 0.3) is 5.91 Å². The second kappa shape index (κ2) is 8.01. The minimum absolute atomic E-state index is 0.132. The van der Waals surface area contributed by atoms with Gasteiger partial charge in [0.2, 0.25) is 0 Å². The molecule has 0 saturated heterocycles. The van der Waals surface area contributed by atoms with Crippen molar-refractivity contribution >= 4 is 23.2 Å². The van der Waals surface area contributed by atoms with Gasteiger partial charge in [-0.25, -0.2) is 4.68 Å². The zero-order valence-electron chi connectivity index (χ0n) is 15.0. The summed E-state index contributed by atoms with van der Waals surface area (Å²) in [5.74, 6) is 0.786. The van der Waals surface area contributed by atoms with Crippen LogP contribution < -0.4 is 19.5 Å². The van der Waals surface area contributed by atoms with Crippen molar-refractivity contribution in [1.29, 1.82) is 0 Å². The smallest absolute Gasteiger partial charge is 0.280 e. The zero-order chi connectivity index (χ0) is 19.4. The van der Waals surface area contributed by atoms with Crippen LogP contribution in [-0.4, -0.2) is 37.0 Å². The Morgan fingerprint density at radius 3 is 2.26 bits per heavy atom. The number of aromatic nitrogens is 2. The third-order valence-electron chi connectivity index (χ3n) is 3.86. The first kappa shape index (κ1) is 18.6. The number of nitrogens with zero attached hydrogens (tertiary/aromatic N) is 2. The molecule has 1 N–H and O–H groups in total. The molecular weight excluding hydrogens is 370 g/mol. The number of ether oxygens (including phenoxy) is 3. The Hall–Kier alpha value is -3.19. The van der Waals surface area contributed by atoms with Gasteiger partial charge >= 0.3 is 0 Å². The van der Waals surface area contributed by atoms with Gasteiger partial charge in [-0.15, -0.1) is 0 Å². The fourth-order valence-electron chi connectivity index (χ4n) is 2.51. The highest BCUT2D eigenvalue weighted by Gasteiger charge is 2.20. The van der Waals surface area contributed by atoms with E-state index < -0.39 is 5.91 Å². The fraction of sp³-hybridized carbons (Fsp3) is 0.158. The largest absolute Gasteiger partial charge is 0.493 e. The molecule has 8 heteroatoms. The van der Waals surface area contributed by atoms with E-state index >= 15 is 0 Å². The van der Waals surface area contributed by atoms with E-state index in [1.807, 2.05) is 30.3 Å². The number of carbonyl (C=O) groups excluding carboxylic acids is 1. The van der Waals surface area contributed by atoms with Gasteiger partial charge in [0.05, 0.1) is 43.9 Å². The maximum absolute atomic E-state index is 12.7. The lowest BCUT2D eigenvalue weighted by Gasteiger charge is -2.12. The zero-order valence-corrected chi connectivity index (χ0v) is 15.8. The van der Waals surface area contributed by atoms with Crippen molar-refractivity contribution in [3.05, 3.63) is 59.4 Å². The first-order valence-corrected chi connectivity index (χ1v) is 8.37. The molecule has 0 fully saturated rings. The van der Waals surface area contributed by atoms with Crippen molar-refractivity contribution < 1.29 is 19.0 Å². The van der Waals surface area contributed by atoms with Crippen LogP contribution in [0.3, 0.4) is 0 Å². The van der Waals surface area contributed by atoms with Crippen molar-refractivity contribution in [2.45, 2.75) is 0 Å². The number of hydrogen-bond donors (Lipinski definition) is 1. The highest BCUT2D eigenvalue weighted by Crippen LogP contribution is 2.36. The van der Waals surface area contributed by atoms with E-state index in [4.69, 9.17) is 25.8 Å². The number of para-hydroxylation sites is 1. The molecule has 0 bridgehead atoms. The van der Waals surface area contributed by atoms with E-state index in [-0.39, 0.29) is 5.69 Å². The summed E-state index contributed by atoms with van der Waals surface area (Å²) in [5, 5.41) is 7.37. The van der Waals surface area contributed by atoms with Gasteiger partial charge in [0, 0.05) is 12.1 Å². The maximum Gasteiger partial charge on any atom is 0.280 e. The summed E-state index contributed by atoms with van der Waals surface area (Å²) in [6, 6.07) is 12.6. The Morgan fingerprint density at radius 2 is 1.63 bits per heavy atom. The Kier molecular flexibility index (Phi) is 5.52. The molecule has 0 aliphatic rings. The second-order valence-electron chi connectivity index (χ2n) is 5.47. The number of methoxy groups -OCH3 is 3. The van der Waals surface area contributed by atoms with Crippen LogP contribution in [0.15, 0.2) is 48.7 Å². The van der Waals surface area contributed by atoms with Crippen LogP contribution in [0, 0.1) is 0 Å². The topological polar surface area (TPSA) is 74.6 Å². The van der Waals surface area contributed by atoms with Gasteiger partial charge in [0.1, 0.15) is 0 Å². The van der Waals surface area contributed by atoms with Gasteiger partial charge in [-0.3, -0.25) is 4.79 Å². The molecule has 1 aromatic heterocycles. The van der Waals surface area contributed by atoms with Gasteiger partial charge in [-0.05, 0) is 12.1 Å². The second-order valence-corrected chi connectivity index (χ2v) is 5.87. The SMILES string of the molecule is COc1cc(Cl)c(NC(=O)c2nn(-c3ccccc3)cc2OC)cc1OC. The van der Waals surface area contributed by atoms with Gasteiger partial charge in [0.15, 0.2) is 22.9 Å². The third-order valence-corrected chi connectivity index (χ3v) is 4.17. The predicted molar refractivity (Wildman–Crippen MR) is 103 cm³/mol. The number of halogens is 1. The first-order valence-electron chi connectivity index (χ1n) is 7.99. The number of rotatable bonds is 6. The van der Waals surface area contributed by atoms with Crippen LogP contribution in [0.5, 0.6) is 17.2 Å². The first-order chi connectivity index (χ1) is 13.1. The monoisotopic (exact) mass is 387 g/mol. The number of benzene rings is 2. The van der Waals surface area contributed by atoms with Gasteiger partial charge in [-0.1, -0.05) is 29.8 Å². The fourth-order valence-corrected chi connectivity index (χ4v) is 2.71. The molecule has 0 spiro atoms. The standard InChI is InChI=1S/C19H18ClN3O4/c1-25-15-9-13(20)14(10-16(15)26-2)21-19(24)18-17(27-3)11-23(22-18)12-7-5-4-6-8-12/h4-11H,1-3H3,(H,21,24). The number of anilines is 1. The number of carbonyl (C=O) groups is 1. The molecular formula is C19H18ClN3O4. The van der Waals surface area contributed by atoms with E-state index in [2.05, 4.69) is 10.4 Å². The molecule has 0 aliphatic heterocycles. The van der Waals surface area contributed by atoms with Crippen molar-refractivity contribution in [3.63, 3.8) is 0 Å². The van der Waals surface area contributed by atoms with E-state index in [9.17, 15) is 4.79 Å². The number of nitrogens with one attached hydrogen (secondary N) is 1. The average molecular weight is 388 g/mol. The van der Waals surface area contributed by atoms with Crippen molar-refractivity contribution in [2.75, 3.05) is 26.6 Å². The summed E-state index contributed by atoms with van der Waals surface area (Å²) in [4.78, 5) is 12.7. The molecule has 2 aromatic carbocycles. The van der Waals surface area contributed by atoms with Gasteiger partial charge in [-0.2, -0.15) is 5.10 Å². The molecule has 3 aromatic rings. The molecule has 7 nitrogen and oxygen atoms in total. The molecule has 3 rings (SSSR count). The van der Waals surface area contributed by atoms with Crippen LogP contribution in [0.25, 0.3) is 5.69 Å². The van der Waals surface area contributed by atoms with Crippen LogP contribution in [-0.2, 0) is 0 Å². The van der Waals surface area contributed by atoms with Crippen LogP contribution >= 0.6 is 11.6 Å². The predicted octanol–water partition coefficient (Wildman–Crippen LogP) is 3.80. The lowest BCUT2D eigenvalue weighted by molar-refractivity contribution is 0.101. The molecule has 0 unspecified atom stereocenters. The molecule has 1 amide bonds.